The van der Waals surface area contributed by atoms with Gasteiger partial charge in [0, 0.05) is 48.9 Å². The topological polar surface area (TPSA) is 119 Å². The van der Waals surface area contributed by atoms with Gasteiger partial charge in [-0.1, -0.05) is 19.1 Å². The second-order valence-electron chi connectivity index (χ2n) is 12.7. The summed E-state index contributed by atoms with van der Waals surface area (Å²) in [6.45, 7) is 12.5. The van der Waals surface area contributed by atoms with E-state index in [0.717, 1.165) is 65.9 Å². The number of benzene rings is 2. The zero-order valence-corrected chi connectivity index (χ0v) is 27.6. The highest BCUT2D eigenvalue weighted by molar-refractivity contribution is 7.70. The van der Waals surface area contributed by atoms with Crippen LogP contribution in [0.1, 0.15) is 40.0 Å². The molecule has 10 nitrogen and oxygen atoms in total. The standard InChI is InChI=1S/C33H46N7O3P/c1-7-20-43-28-21-23(12-13-27(28)40-18-15-24(16-19-40)39(4)22-33(2,3)41)35-32-37-30-25(14-17-34-30)31(38-32)36-26-10-8-9-11-29(26)44(5,6)42/h8-14,17,21,24,41H,7,15-16,18-20,22H2,1-6H3,(H3,34,35,36,37,38). The van der Waals surface area contributed by atoms with Crippen molar-refractivity contribution in [2.24, 2.45) is 0 Å². The second kappa shape index (κ2) is 13.2. The minimum absolute atomic E-state index is 0.431. The lowest BCUT2D eigenvalue weighted by molar-refractivity contribution is 0.0274. The maximum atomic E-state index is 13.0. The summed E-state index contributed by atoms with van der Waals surface area (Å²) in [4.78, 5) is 17.4. The third-order valence-electron chi connectivity index (χ3n) is 7.90. The normalized spacial score (nSPS) is 14.8. The van der Waals surface area contributed by atoms with Gasteiger partial charge in [-0.25, -0.2) is 0 Å². The van der Waals surface area contributed by atoms with Crippen LogP contribution in [0.3, 0.4) is 0 Å². The van der Waals surface area contributed by atoms with Crippen LogP contribution in [0.2, 0.25) is 0 Å². The molecule has 5 rings (SSSR count). The fourth-order valence-corrected chi connectivity index (χ4v) is 7.02. The van der Waals surface area contributed by atoms with Gasteiger partial charge in [-0.05, 0) is 83.8 Å². The molecule has 0 unspecified atom stereocenters. The summed E-state index contributed by atoms with van der Waals surface area (Å²) in [5, 5.41) is 18.7. The molecule has 0 spiro atoms. The average Bonchev–Trinajstić information content (AvgIpc) is 3.44. The number of hydrogen-bond acceptors (Lipinski definition) is 9. The number of aromatic amines is 1. The number of anilines is 5. The summed E-state index contributed by atoms with van der Waals surface area (Å²) in [5.74, 6) is 1.88. The Bertz CT molecular complexity index is 1620. The number of H-pyrrole nitrogens is 1. The van der Waals surface area contributed by atoms with Crippen molar-refractivity contribution in [3.63, 3.8) is 0 Å². The molecule has 4 N–H and O–H groups in total. The maximum absolute atomic E-state index is 13.0. The smallest absolute Gasteiger partial charge is 0.231 e. The van der Waals surface area contributed by atoms with E-state index in [2.05, 4.69) is 45.5 Å². The molecule has 3 heterocycles. The number of piperidine rings is 1. The summed E-state index contributed by atoms with van der Waals surface area (Å²) in [6, 6.07) is 16.2. The van der Waals surface area contributed by atoms with Crippen LogP contribution in [0.4, 0.5) is 28.8 Å². The largest absolute Gasteiger partial charge is 0.491 e. The first kappa shape index (κ1) is 31.8. The molecule has 236 valence electrons. The van der Waals surface area contributed by atoms with Crippen LogP contribution in [0.15, 0.2) is 54.7 Å². The number of aromatic nitrogens is 3. The van der Waals surface area contributed by atoms with E-state index in [9.17, 15) is 9.67 Å². The van der Waals surface area contributed by atoms with Gasteiger partial charge in [-0.3, -0.25) is 0 Å². The van der Waals surface area contributed by atoms with Gasteiger partial charge in [0.05, 0.1) is 29.0 Å². The lowest BCUT2D eigenvalue weighted by Gasteiger charge is -2.40. The van der Waals surface area contributed by atoms with Gasteiger partial charge in [0.2, 0.25) is 5.95 Å². The predicted octanol–water partition coefficient (Wildman–Crippen LogP) is 6.15. The van der Waals surface area contributed by atoms with Crippen LogP contribution in [0.25, 0.3) is 11.0 Å². The number of rotatable bonds is 12. The molecule has 0 bridgehead atoms. The molecular formula is C33H46N7O3P. The minimum Gasteiger partial charge on any atom is -0.491 e. The van der Waals surface area contributed by atoms with E-state index in [-0.39, 0.29) is 0 Å². The van der Waals surface area contributed by atoms with E-state index >= 15 is 0 Å². The van der Waals surface area contributed by atoms with E-state index in [1.165, 1.54) is 0 Å². The summed E-state index contributed by atoms with van der Waals surface area (Å²) >= 11 is 0. The number of para-hydroxylation sites is 1. The lowest BCUT2D eigenvalue weighted by Crippen LogP contribution is -2.47. The first-order valence-corrected chi connectivity index (χ1v) is 18.0. The summed E-state index contributed by atoms with van der Waals surface area (Å²) in [7, 11) is -0.409. The Morgan fingerprint density at radius 1 is 1.11 bits per heavy atom. The Kier molecular flexibility index (Phi) is 9.53. The third kappa shape index (κ3) is 7.73. The molecule has 2 aromatic carbocycles. The number of ether oxygens (including phenoxy) is 1. The molecule has 0 atom stereocenters. The van der Waals surface area contributed by atoms with E-state index in [1.54, 1.807) is 13.3 Å². The molecule has 0 saturated carbocycles. The van der Waals surface area contributed by atoms with Crippen molar-refractivity contribution >= 4 is 52.3 Å². The molecular weight excluding hydrogens is 573 g/mol. The number of fused-ring (bicyclic) bond motifs is 1. The monoisotopic (exact) mass is 619 g/mol. The number of aliphatic hydroxyl groups is 1. The number of likely N-dealkylation sites (N-methyl/N-ethyl adjacent to an activating group) is 1. The first-order valence-electron chi connectivity index (χ1n) is 15.4. The Balaban J connectivity index is 1.37. The molecule has 0 amide bonds. The van der Waals surface area contributed by atoms with Crippen molar-refractivity contribution < 1.29 is 14.4 Å². The van der Waals surface area contributed by atoms with Crippen molar-refractivity contribution in [2.75, 3.05) is 62.2 Å². The molecule has 1 saturated heterocycles. The van der Waals surface area contributed by atoms with Gasteiger partial charge in [-0.15, -0.1) is 0 Å². The molecule has 2 aromatic heterocycles. The number of nitrogens with zero attached hydrogens (tertiary/aromatic N) is 4. The minimum atomic E-state index is -2.51. The zero-order chi connectivity index (χ0) is 31.5. The Hall–Kier alpha value is -3.59. The Labute approximate surface area is 260 Å². The molecule has 1 aliphatic heterocycles. The van der Waals surface area contributed by atoms with Crippen molar-refractivity contribution in [3.8, 4) is 5.75 Å². The number of hydrogen-bond donors (Lipinski definition) is 4. The maximum Gasteiger partial charge on any atom is 0.231 e. The number of nitrogens with one attached hydrogen (secondary N) is 3. The molecule has 4 aromatic rings. The van der Waals surface area contributed by atoms with Gasteiger partial charge in [0.15, 0.2) is 0 Å². The van der Waals surface area contributed by atoms with Crippen molar-refractivity contribution in [1.29, 1.82) is 0 Å². The molecule has 1 fully saturated rings. The van der Waals surface area contributed by atoms with Gasteiger partial charge in [0.1, 0.15) is 24.4 Å². The molecule has 11 heteroatoms. The molecule has 44 heavy (non-hydrogen) atoms. The Morgan fingerprint density at radius 3 is 2.57 bits per heavy atom. The van der Waals surface area contributed by atoms with Crippen molar-refractivity contribution in [3.05, 3.63) is 54.7 Å². The van der Waals surface area contributed by atoms with Gasteiger partial charge < -0.3 is 39.8 Å². The fourth-order valence-electron chi connectivity index (χ4n) is 5.87. The van der Waals surface area contributed by atoms with Crippen molar-refractivity contribution in [1.82, 2.24) is 19.9 Å². The summed E-state index contributed by atoms with van der Waals surface area (Å²) in [5.41, 5.74) is 2.65. The quantitative estimate of drug-likeness (QED) is 0.138. The average molecular weight is 620 g/mol. The van der Waals surface area contributed by atoms with Gasteiger partial charge in [-0.2, -0.15) is 9.97 Å². The Morgan fingerprint density at radius 2 is 1.86 bits per heavy atom. The fraction of sp³-hybridized carbons (Fsp3) is 0.455. The van der Waals surface area contributed by atoms with Gasteiger partial charge in [0.25, 0.3) is 0 Å². The third-order valence-corrected chi connectivity index (χ3v) is 9.45. The van der Waals surface area contributed by atoms with E-state index in [4.69, 9.17) is 14.7 Å². The zero-order valence-electron chi connectivity index (χ0n) is 26.7. The second-order valence-corrected chi connectivity index (χ2v) is 15.9. The summed E-state index contributed by atoms with van der Waals surface area (Å²) in [6.07, 6.45) is 4.79. The van der Waals surface area contributed by atoms with E-state index < -0.39 is 12.7 Å². The van der Waals surface area contributed by atoms with Crippen LogP contribution in [0.5, 0.6) is 5.75 Å². The van der Waals surface area contributed by atoms with Crippen molar-refractivity contribution in [2.45, 2.75) is 51.7 Å². The highest BCUT2D eigenvalue weighted by Crippen LogP contribution is 2.39. The molecule has 0 aliphatic carbocycles. The van der Waals surface area contributed by atoms with Crippen LogP contribution >= 0.6 is 7.14 Å². The first-order chi connectivity index (χ1) is 20.9. The lowest BCUT2D eigenvalue weighted by atomic mass is 10.0. The van der Waals surface area contributed by atoms with Gasteiger partial charge >= 0.3 is 0 Å². The SMILES string of the molecule is CCCOc1cc(Nc2nc(Nc3ccccc3P(C)(C)=O)c3cc[nH]c3n2)ccc1N1CCC(N(C)CC(C)(C)O)CC1. The van der Waals surface area contributed by atoms with Crippen LogP contribution in [-0.2, 0) is 4.57 Å². The highest BCUT2D eigenvalue weighted by Gasteiger charge is 2.27. The highest BCUT2D eigenvalue weighted by atomic mass is 31.2. The molecule has 0 radical (unpaired) electrons. The van der Waals surface area contributed by atoms with Crippen LogP contribution in [-0.4, -0.2) is 83.2 Å². The predicted molar refractivity (Wildman–Crippen MR) is 182 cm³/mol. The van der Waals surface area contributed by atoms with Crippen LogP contribution in [0, 0.1) is 0 Å². The van der Waals surface area contributed by atoms with Crippen LogP contribution < -0.4 is 25.6 Å². The van der Waals surface area contributed by atoms with E-state index in [0.29, 0.717) is 36.6 Å². The summed E-state index contributed by atoms with van der Waals surface area (Å²) < 4.78 is 19.2. The van der Waals surface area contributed by atoms with E-state index in [1.807, 2.05) is 62.5 Å². The molecule has 1 aliphatic rings.